The average Bonchev–Trinajstić information content (AvgIpc) is 2.25. The molecule has 1 N–H and O–H groups in total. The molecule has 2 rings (SSSR count). The summed E-state index contributed by atoms with van der Waals surface area (Å²) in [7, 11) is 0. The van der Waals surface area contributed by atoms with E-state index in [4.69, 9.17) is 16.9 Å². The fourth-order valence-corrected chi connectivity index (χ4v) is 2.13. The van der Waals surface area contributed by atoms with E-state index < -0.39 is 0 Å². The Morgan fingerprint density at radius 2 is 2.38 bits per heavy atom. The fourth-order valence-electron chi connectivity index (χ4n) is 1.91. The zero-order valence-electron chi connectivity index (χ0n) is 9.26. The molecule has 1 aromatic rings. The predicted octanol–water partition coefficient (Wildman–Crippen LogP) is 3.21. The van der Waals surface area contributed by atoms with Crippen LogP contribution in [0.15, 0.2) is 12.3 Å². The third-order valence-electron chi connectivity index (χ3n) is 3.25. The molecule has 0 atom stereocenters. The van der Waals surface area contributed by atoms with Crippen molar-refractivity contribution in [3.8, 4) is 6.07 Å². The summed E-state index contributed by atoms with van der Waals surface area (Å²) >= 11 is 6.05. The van der Waals surface area contributed by atoms with E-state index in [9.17, 15) is 0 Å². The van der Waals surface area contributed by atoms with E-state index in [1.807, 2.05) is 6.07 Å². The molecule has 1 fully saturated rings. The molecule has 84 valence electrons. The predicted molar refractivity (Wildman–Crippen MR) is 64.4 cm³/mol. The molecule has 1 aliphatic rings. The van der Waals surface area contributed by atoms with Crippen LogP contribution in [-0.4, -0.2) is 11.5 Å². The van der Waals surface area contributed by atoms with Crippen molar-refractivity contribution in [2.24, 2.45) is 5.41 Å². The van der Waals surface area contributed by atoms with Crippen molar-refractivity contribution in [2.45, 2.75) is 26.2 Å². The summed E-state index contributed by atoms with van der Waals surface area (Å²) in [6, 6.07) is 3.67. The molecule has 3 nitrogen and oxygen atoms in total. The van der Waals surface area contributed by atoms with E-state index >= 15 is 0 Å². The number of nitrogens with one attached hydrogen (secondary N) is 1. The standard InChI is InChI=1S/C12H14ClN3/c1-12(4-2-5-12)8-16-11-10(13)9(7-14)3-6-15-11/h3,6H,2,4-5,8H2,1H3,(H,15,16). The third kappa shape index (κ3) is 2.12. The maximum atomic E-state index is 8.84. The number of rotatable bonds is 3. The van der Waals surface area contributed by atoms with E-state index in [2.05, 4.69) is 17.2 Å². The molecule has 0 unspecified atom stereocenters. The Kier molecular flexibility index (Phi) is 3.02. The van der Waals surface area contributed by atoms with Crippen LogP contribution in [0.5, 0.6) is 0 Å². The maximum absolute atomic E-state index is 8.84. The van der Waals surface area contributed by atoms with E-state index in [0.29, 0.717) is 21.8 Å². The molecular weight excluding hydrogens is 222 g/mol. The van der Waals surface area contributed by atoms with Crippen molar-refractivity contribution < 1.29 is 0 Å². The minimum absolute atomic E-state index is 0.369. The third-order valence-corrected chi connectivity index (χ3v) is 3.64. The zero-order chi connectivity index (χ0) is 11.6. The second-order valence-corrected chi connectivity index (χ2v) is 5.03. The van der Waals surface area contributed by atoms with Gasteiger partial charge in [-0.15, -0.1) is 0 Å². The van der Waals surface area contributed by atoms with Crippen LogP contribution in [0.3, 0.4) is 0 Å². The highest BCUT2D eigenvalue weighted by Crippen LogP contribution is 2.40. The molecule has 4 heteroatoms. The summed E-state index contributed by atoms with van der Waals surface area (Å²) in [6.07, 6.45) is 5.40. The number of aromatic nitrogens is 1. The minimum atomic E-state index is 0.369. The molecule has 0 aliphatic heterocycles. The van der Waals surface area contributed by atoms with E-state index in [1.165, 1.54) is 19.3 Å². The molecule has 0 amide bonds. The number of nitriles is 1. The summed E-state index contributed by atoms with van der Waals surface area (Å²) in [4.78, 5) is 4.15. The number of hydrogen-bond donors (Lipinski definition) is 1. The number of nitrogens with zero attached hydrogens (tertiary/aromatic N) is 2. The van der Waals surface area contributed by atoms with E-state index in [-0.39, 0.29) is 0 Å². The Labute approximate surface area is 100 Å². The molecule has 0 saturated heterocycles. The van der Waals surface area contributed by atoms with Crippen molar-refractivity contribution >= 4 is 17.4 Å². The maximum Gasteiger partial charge on any atom is 0.146 e. The Morgan fingerprint density at radius 1 is 1.62 bits per heavy atom. The van der Waals surface area contributed by atoms with Gasteiger partial charge in [-0.3, -0.25) is 0 Å². The molecular formula is C12H14ClN3. The lowest BCUT2D eigenvalue weighted by Gasteiger charge is -2.38. The summed E-state index contributed by atoms with van der Waals surface area (Å²) in [5.74, 6) is 0.619. The van der Waals surface area contributed by atoms with E-state index in [0.717, 1.165) is 6.54 Å². The van der Waals surface area contributed by atoms with Crippen LogP contribution >= 0.6 is 11.6 Å². The Bertz CT molecular complexity index is 432. The van der Waals surface area contributed by atoms with Gasteiger partial charge in [0, 0.05) is 12.7 Å². The van der Waals surface area contributed by atoms with Crippen LogP contribution in [0, 0.1) is 16.7 Å². The first kappa shape index (κ1) is 11.2. The first-order valence-electron chi connectivity index (χ1n) is 5.43. The smallest absolute Gasteiger partial charge is 0.146 e. The number of halogens is 1. The normalized spacial score (nSPS) is 17.3. The average molecular weight is 236 g/mol. The molecule has 1 heterocycles. The molecule has 16 heavy (non-hydrogen) atoms. The Balaban J connectivity index is 2.07. The Hall–Kier alpha value is -1.27. The fraction of sp³-hybridized carbons (Fsp3) is 0.500. The quantitative estimate of drug-likeness (QED) is 0.875. The van der Waals surface area contributed by atoms with Crippen LogP contribution < -0.4 is 5.32 Å². The van der Waals surface area contributed by atoms with Gasteiger partial charge >= 0.3 is 0 Å². The Morgan fingerprint density at radius 3 is 2.94 bits per heavy atom. The highest BCUT2D eigenvalue weighted by Gasteiger charge is 2.31. The zero-order valence-corrected chi connectivity index (χ0v) is 10.0. The van der Waals surface area contributed by atoms with Crippen molar-refractivity contribution in [1.82, 2.24) is 4.98 Å². The minimum Gasteiger partial charge on any atom is -0.368 e. The first-order chi connectivity index (χ1) is 7.64. The summed E-state index contributed by atoms with van der Waals surface area (Å²) in [5.41, 5.74) is 0.839. The van der Waals surface area contributed by atoms with Gasteiger partial charge < -0.3 is 5.32 Å². The van der Waals surface area contributed by atoms with Crippen molar-refractivity contribution in [2.75, 3.05) is 11.9 Å². The lowest BCUT2D eigenvalue weighted by atomic mass is 9.70. The van der Waals surface area contributed by atoms with Crippen molar-refractivity contribution in [3.05, 3.63) is 22.8 Å². The molecule has 0 spiro atoms. The van der Waals surface area contributed by atoms with Gasteiger partial charge in [-0.2, -0.15) is 5.26 Å². The van der Waals surface area contributed by atoms with Crippen molar-refractivity contribution in [3.63, 3.8) is 0 Å². The molecule has 1 aliphatic carbocycles. The second-order valence-electron chi connectivity index (χ2n) is 4.65. The lowest BCUT2D eigenvalue weighted by molar-refractivity contribution is 0.180. The van der Waals surface area contributed by atoms with Gasteiger partial charge in [0.25, 0.3) is 0 Å². The van der Waals surface area contributed by atoms with Gasteiger partial charge in [0.2, 0.25) is 0 Å². The van der Waals surface area contributed by atoms with Gasteiger partial charge in [0.05, 0.1) is 5.56 Å². The van der Waals surface area contributed by atoms with Crippen LogP contribution in [-0.2, 0) is 0 Å². The van der Waals surface area contributed by atoms with Gasteiger partial charge in [-0.05, 0) is 24.3 Å². The van der Waals surface area contributed by atoms with Gasteiger partial charge in [-0.1, -0.05) is 24.9 Å². The summed E-state index contributed by atoms with van der Waals surface area (Å²) in [6.45, 7) is 3.13. The molecule has 0 radical (unpaired) electrons. The first-order valence-corrected chi connectivity index (χ1v) is 5.81. The molecule has 1 saturated carbocycles. The molecule has 0 bridgehead atoms. The van der Waals surface area contributed by atoms with Crippen LogP contribution in [0.2, 0.25) is 5.02 Å². The van der Waals surface area contributed by atoms with Crippen LogP contribution in [0.25, 0.3) is 0 Å². The number of anilines is 1. The monoisotopic (exact) mass is 235 g/mol. The van der Waals surface area contributed by atoms with Gasteiger partial charge in [0.15, 0.2) is 0 Å². The topological polar surface area (TPSA) is 48.7 Å². The SMILES string of the molecule is CC1(CNc2nccc(C#N)c2Cl)CCC1. The highest BCUT2D eigenvalue weighted by molar-refractivity contribution is 6.34. The summed E-state index contributed by atoms with van der Waals surface area (Å²) in [5, 5.41) is 12.5. The largest absolute Gasteiger partial charge is 0.368 e. The van der Waals surface area contributed by atoms with Crippen LogP contribution in [0.4, 0.5) is 5.82 Å². The van der Waals surface area contributed by atoms with Gasteiger partial charge in [-0.25, -0.2) is 4.98 Å². The van der Waals surface area contributed by atoms with Crippen LogP contribution in [0.1, 0.15) is 31.7 Å². The lowest BCUT2D eigenvalue weighted by Crippen LogP contribution is -2.33. The van der Waals surface area contributed by atoms with E-state index in [1.54, 1.807) is 12.3 Å². The van der Waals surface area contributed by atoms with Crippen molar-refractivity contribution in [1.29, 1.82) is 5.26 Å². The highest BCUT2D eigenvalue weighted by atomic mass is 35.5. The van der Waals surface area contributed by atoms with Gasteiger partial charge in [0.1, 0.15) is 16.9 Å². The second kappa shape index (κ2) is 4.31. The summed E-state index contributed by atoms with van der Waals surface area (Å²) < 4.78 is 0. The number of pyridine rings is 1. The molecule has 1 aromatic heterocycles. The molecule has 0 aromatic carbocycles. The number of hydrogen-bond acceptors (Lipinski definition) is 3.